The summed E-state index contributed by atoms with van der Waals surface area (Å²) in [5, 5.41) is 5.87. The van der Waals surface area contributed by atoms with Crippen molar-refractivity contribution >= 4 is 69.6 Å². The topological polar surface area (TPSA) is 46.9 Å². The molecule has 2 aromatic heterocycles. The maximum Gasteiger partial charge on any atom is 0.230 e. The Kier molecular flexibility index (Phi) is 7.67. The van der Waals surface area contributed by atoms with Crippen LogP contribution < -0.4 is 4.72 Å². The number of halogens is 3. The molecule has 162 valence electrons. The molecule has 9 heteroatoms. The van der Waals surface area contributed by atoms with Gasteiger partial charge in [-0.1, -0.05) is 46.9 Å². The summed E-state index contributed by atoms with van der Waals surface area (Å²) in [6.45, 7) is 0.586. The molecular weight excluding hydrogens is 493 g/mol. The van der Waals surface area contributed by atoms with Gasteiger partial charge in [-0.15, -0.1) is 11.3 Å². The van der Waals surface area contributed by atoms with Gasteiger partial charge >= 0.3 is 0 Å². The first-order valence-electron chi connectivity index (χ1n) is 9.88. The first-order chi connectivity index (χ1) is 15.0. The molecule has 0 radical (unpaired) electrons. The molecular formula is C22H20Cl3N3OS2. The Morgan fingerprint density at radius 1 is 1.23 bits per heavy atom. The predicted molar refractivity (Wildman–Crippen MR) is 131 cm³/mol. The Balaban J connectivity index is 1.40. The quantitative estimate of drug-likeness (QED) is 0.338. The monoisotopic (exact) mass is 511 g/mol. The number of aromatic nitrogens is 2. The number of hydrogen-bond acceptors (Lipinski definition) is 4. The normalized spacial score (nSPS) is 14.6. The Morgan fingerprint density at radius 2 is 2.10 bits per heavy atom. The highest BCUT2D eigenvalue weighted by Gasteiger charge is 2.20. The molecule has 0 saturated heterocycles. The van der Waals surface area contributed by atoms with Gasteiger partial charge in [0.1, 0.15) is 0 Å². The van der Waals surface area contributed by atoms with E-state index in [4.69, 9.17) is 34.8 Å². The van der Waals surface area contributed by atoms with Crippen molar-refractivity contribution in [2.24, 2.45) is 0 Å². The van der Waals surface area contributed by atoms with Gasteiger partial charge in [0.05, 0.1) is 27.0 Å². The fourth-order valence-corrected chi connectivity index (χ4v) is 5.98. The molecule has 1 N–H and O–H groups in total. The minimum absolute atomic E-state index is 0.00357. The van der Waals surface area contributed by atoms with Crippen LogP contribution in [-0.2, 0) is 17.8 Å². The average Bonchev–Trinajstić information content (AvgIpc) is 3.35. The second-order valence-electron chi connectivity index (χ2n) is 7.22. The molecule has 2 heterocycles. The number of carbonyl (C=O) groups is 1. The minimum atomic E-state index is 0.00357. The lowest BCUT2D eigenvalue weighted by Gasteiger charge is -2.18. The fraction of sp³-hybridized carbons (Fsp3) is 0.273. The lowest BCUT2D eigenvalue weighted by molar-refractivity contribution is -0.119. The number of aryl methyl sites for hydroxylation is 1. The molecule has 1 amide bonds. The first kappa shape index (κ1) is 22.7. The molecule has 3 aromatic rings. The third-order valence-electron chi connectivity index (χ3n) is 5.02. The third-order valence-corrected chi connectivity index (χ3v) is 7.80. The van der Waals surface area contributed by atoms with Crippen LogP contribution in [0.1, 0.15) is 42.5 Å². The summed E-state index contributed by atoms with van der Waals surface area (Å²) < 4.78 is 6.57. The number of nitrogens with zero attached hydrogens (tertiary/aromatic N) is 2. The zero-order chi connectivity index (χ0) is 21.8. The second-order valence-corrected chi connectivity index (χ2v) is 10.9. The van der Waals surface area contributed by atoms with Crippen molar-refractivity contribution in [3.05, 3.63) is 73.8 Å². The highest BCUT2D eigenvalue weighted by atomic mass is 35.5. The van der Waals surface area contributed by atoms with Crippen LogP contribution in [0.2, 0.25) is 14.4 Å². The SMILES string of the molecule is O=C(CC/C=C1\CCCc2cnn(Cc3ccc(Cl)cc3Cl)c21)NSc1ccc(Cl)s1. The molecule has 0 saturated carbocycles. The number of carbonyl (C=O) groups excluding carboxylic acids is 1. The van der Waals surface area contributed by atoms with Crippen molar-refractivity contribution in [3.8, 4) is 0 Å². The lowest BCUT2D eigenvalue weighted by Crippen LogP contribution is -2.14. The van der Waals surface area contributed by atoms with Crippen LogP contribution >= 0.6 is 58.1 Å². The Bertz CT molecular complexity index is 1120. The smallest absolute Gasteiger partial charge is 0.230 e. The third kappa shape index (κ3) is 5.88. The molecule has 1 aliphatic rings. The second kappa shape index (κ2) is 10.5. The van der Waals surface area contributed by atoms with Gasteiger partial charge in [0.15, 0.2) is 0 Å². The van der Waals surface area contributed by atoms with Crippen molar-refractivity contribution in [2.45, 2.75) is 42.9 Å². The molecule has 4 nitrogen and oxygen atoms in total. The van der Waals surface area contributed by atoms with E-state index in [2.05, 4.69) is 15.9 Å². The van der Waals surface area contributed by atoms with E-state index in [1.807, 2.05) is 35.1 Å². The van der Waals surface area contributed by atoms with E-state index in [-0.39, 0.29) is 5.91 Å². The maximum atomic E-state index is 12.2. The highest BCUT2D eigenvalue weighted by molar-refractivity contribution is 7.99. The van der Waals surface area contributed by atoms with Gasteiger partial charge in [0.25, 0.3) is 0 Å². The molecule has 31 heavy (non-hydrogen) atoms. The van der Waals surface area contributed by atoms with Gasteiger partial charge in [-0.05, 0) is 78.6 Å². The summed E-state index contributed by atoms with van der Waals surface area (Å²) in [6.07, 6.45) is 8.32. The van der Waals surface area contributed by atoms with E-state index in [0.29, 0.717) is 33.8 Å². The van der Waals surface area contributed by atoms with Crippen molar-refractivity contribution in [2.75, 3.05) is 0 Å². The Labute approximate surface area is 204 Å². The Hall–Kier alpha value is -1.44. The molecule has 1 aromatic carbocycles. The first-order valence-corrected chi connectivity index (χ1v) is 12.7. The maximum absolute atomic E-state index is 12.2. The van der Waals surface area contributed by atoms with Gasteiger partial charge in [-0.2, -0.15) is 5.10 Å². The van der Waals surface area contributed by atoms with Gasteiger partial charge in [-0.25, -0.2) is 0 Å². The van der Waals surface area contributed by atoms with Crippen LogP contribution in [0.15, 0.2) is 46.8 Å². The van der Waals surface area contributed by atoms with E-state index in [1.165, 1.54) is 34.4 Å². The van der Waals surface area contributed by atoms with Crippen molar-refractivity contribution in [1.82, 2.24) is 14.5 Å². The number of amides is 1. The number of benzene rings is 1. The number of nitrogens with one attached hydrogen (secondary N) is 1. The van der Waals surface area contributed by atoms with E-state index in [0.717, 1.165) is 34.7 Å². The van der Waals surface area contributed by atoms with Gasteiger partial charge in [0, 0.05) is 16.5 Å². The minimum Gasteiger partial charge on any atom is -0.295 e. The molecule has 0 bridgehead atoms. The summed E-state index contributed by atoms with van der Waals surface area (Å²) >= 11 is 21.1. The molecule has 0 unspecified atom stereocenters. The van der Waals surface area contributed by atoms with Crippen molar-refractivity contribution in [1.29, 1.82) is 0 Å². The standard InChI is InChI=1S/C22H20Cl3N3OS2/c23-17-8-7-16(18(24)11-17)13-28-22-14(3-1-5-15(22)12-26-28)4-2-6-20(29)27-31-21-10-9-19(25)30-21/h4,7-12H,1-3,5-6,13H2,(H,27,29)/b14-4+. The predicted octanol–water partition coefficient (Wildman–Crippen LogP) is 7.28. The van der Waals surface area contributed by atoms with Crippen LogP contribution in [0, 0.1) is 0 Å². The summed E-state index contributed by atoms with van der Waals surface area (Å²) in [6, 6.07) is 9.26. The number of fused-ring (bicyclic) bond motifs is 1. The molecule has 0 spiro atoms. The zero-order valence-corrected chi connectivity index (χ0v) is 20.4. The molecule has 0 atom stereocenters. The molecule has 0 fully saturated rings. The number of hydrogen-bond donors (Lipinski definition) is 1. The molecule has 1 aliphatic carbocycles. The summed E-state index contributed by atoms with van der Waals surface area (Å²) in [4.78, 5) is 12.2. The van der Waals surface area contributed by atoms with Crippen molar-refractivity contribution in [3.63, 3.8) is 0 Å². The van der Waals surface area contributed by atoms with Gasteiger partial charge in [0.2, 0.25) is 5.91 Å². The molecule has 0 aliphatic heterocycles. The van der Waals surface area contributed by atoms with Crippen LogP contribution in [0.5, 0.6) is 0 Å². The fourth-order valence-electron chi connectivity index (χ4n) is 3.58. The molecule has 4 rings (SSSR count). The number of allylic oxidation sites excluding steroid dienone is 2. The van der Waals surface area contributed by atoms with Crippen LogP contribution in [0.3, 0.4) is 0 Å². The lowest BCUT2D eigenvalue weighted by atomic mass is 9.92. The van der Waals surface area contributed by atoms with Crippen LogP contribution in [0.25, 0.3) is 5.57 Å². The van der Waals surface area contributed by atoms with E-state index in [9.17, 15) is 4.79 Å². The number of rotatable bonds is 7. The van der Waals surface area contributed by atoms with Crippen molar-refractivity contribution < 1.29 is 4.79 Å². The van der Waals surface area contributed by atoms with Gasteiger partial charge in [-0.3, -0.25) is 14.2 Å². The summed E-state index contributed by atoms with van der Waals surface area (Å²) in [5.41, 5.74) is 4.62. The zero-order valence-electron chi connectivity index (χ0n) is 16.5. The average molecular weight is 513 g/mol. The van der Waals surface area contributed by atoms with Gasteiger partial charge < -0.3 is 0 Å². The van der Waals surface area contributed by atoms with Crippen LogP contribution in [0.4, 0.5) is 0 Å². The Morgan fingerprint density at radius 3 is 2.87 bits per heavy atom. The highest BCUT2D eigenvalue weighted by Crippen LogP contribution is 2.33. The number of thiophene rings is 1. The summed E-state index contributed by atoms with van der Waals surface area (Å²) in [5.74, 6) is 0.00357. The van der Waals surface area contributed by atoms with E-state index >= 15 is 0 Å². The van der Waals surface area contributed by atoms with E-state index in [1.54, 1.807) is 6.07 Å². The van der Waals surface area contributed by atoms with Crippen LogP contribution in [-0.4, -0.2) is 15.7 Å². The van der Waals surface area contributed by atoms with E-state index < -0.39 is 0 Å². The largest absolute Gasteiger partial charge is 0.295 e. The summed E-state index contributed by atoms with van der Waals surface area (Å²) in [7, 11) is 0.